The van der Waals surface area contributed by atoms with E-state index in [0.29, 0.717) is 5.41 Å². The molecule has 3 heteroatoms. The van der Waals surface area contributed by atoms with Crippen LogP contribution in [0.2, 0.25) is 0 Å². The SMILES string of the molecule is CCC1(CC)CCN(C(=O)c2ccc(NC)c(C)c2)CC1. The Bertz CT molecular complexity index is 496. The van der Waals surface area contributed by atoms with E-state index in [0.717, 1.165) is 42.7 Å². The van der Waals surface area contributed by atoms with Gasteiger partial charge in [0.1, 0.15) is 0 Å². The summed E-state index contributed by atoms with van der Waals surface area (Å²) in [5.74, 6) is 0.182. The maximum atomic E-state index is 12.6. The summed E-state index contributed by atoms with van der Waals surface area (Å²) < 4.78 is 0. The molecule has 1 fully saturated rings. The number of hydrogen-bond acceptors (Lipinski definition) is 2. The molecular weight excluding hydrogens is 260 g/mol. The molecule has 0 aliphatic carbocycles. The van der Waals surface area contributed by atoms with Crippen molar-refractivity contribution in [1.29, 1.82) is 0 Å². The molecule has 1 aromatic carbocycles. The van der Waals surface area contributed by atoms with Crippen molar-refractivity contribution in [2.24, 2.45) is 5.41 Å². The standard InChI is InChI=1S/C18H28N2O/c1-5-18(6-2)9-11-20(12-10-18)17(21)15-7-8-16(19-4)14(3)13-15/h7-8,13,19H,5-6,9-12H2,1-4H3. The summed E-state index contributed by atoms with van der Waals surface area (Å²) in [5.41, 5.74) is 3.48. The third-order valence-corrected chi connectivity index (χ3v) is 5.35. The smallest absolute Gasteiger partial charge is 0.253 e. The summed E-state index contributed by atoms with van der Waals surface area (Å²) in [7, 11) is 1.91. The van der Waals surface area contributed by atoms with Gasteiger partial charge in [0.25, 0.3) is 5.91 Å². The molecule has 116 valence electrons. The van der Waals surface area contributed by atoms with Gasteiger partial charge in [-0.05, 0) is 48.9 Å². The van der Waals surface area contributed by atoms with Crippen molar-refractivity contribution >= 4 is 11.6 Å². The zero-order valence-corrected chi connectivity index (χ0v) is 13.8. The monoisotopic (exact) mass is 288 g/mol. The molecule has 0 atom stereocenters. The second kappa shape index (κ2) is 6.50. The first-order valence-corrected chi connectivity index (χ1v) is 8.13. The minimum Gasteiger partial charge on any atom is -0.388 e. The summed E-state index contributed by atoms with van der Waals surface area (Å²) in [5, 5.41) is 3.14. The highest BCUT2D eigenvalue weighted by Gasteiger charge is 2.33. The Hall–Kier alpha value is -1.51. The lowest BCUT2D eigenvalue weighted by atomic mass is 9.74. The minimum absolute atomic E-state index is 0.182. The van der Waals surface area contributed by atoms with Crippen molar-refractivity contribution in [2.75, 3.05) is 25.5 Å². The molecule has 0 unspecified atom stereocenters. The number of likely N-dealkylation sites (tertiary alicyclic amines) is 1. The number of nitrogens with zero attached hydrogens (tertiary/aromatic N) is 1. The fourth-order valence-corrected chi connectivity index (χ4v) is 3.40. The molecule has 0 aromatic heterocycles. The highest BCUT2D eigenvalue weighted by atomic mass is 16.2. The lowest BCUT2D eigenvalue weighted by Crippen LogP contribution is -2.42. The largest absolute Gasteiger partial charge is 0.388 e. The molecular formula is C18H28N2O. The van der Waals surface area contributed by atoms with Crippen LogP contribution in [0.1, 0.15) is 55.5 Å². The fraction of sp³-hybridized carbons (Fsp3) is 0.611. The van der Waals surface area contributed by atoms with E-state index >= 15 is 0 Å². The van der Waals surface area contributed by atoms with Gasteiger partial charge in [-0.15, -0.1) is 0 Å². The Kier molecular flexibility index (Phi) is 4.92. The van der Waals surface area contributed by atoms with Gasteiger partial charge in [-0.2, -0.15) is 0 Å². The molecule has 0 spiro atoms. The number of hydrogen-bond donors (Lipinski definition) is 1. The van der Waals surface area contributed by atoms with Crippen LogP contribution in [-0.2, 0) is 0 Å². The van der Waals surface area contributed by atoms with Gasteiger partial charge in [-0.3, -0.25) is 4.79 Å². The Morgan fingerprint density at radius 2 is 1.86 bits per heavy atom. The minimum atomic E-state index is 0.182. The second-order valence-corrected chi connectivity index (χ2v) is 6.28. The van der Waals surface area contributed by atoms with Crippen LogP contribution in [0.3, 0.4) is 0 Å². The third kappa shape index (κ3) is 3.22. The van der Waals surface area contributed by atoms with E-state index in [1.54, 1.807) is 0 Å². The van der Waals surface area contributed by atoms with Crippen LogP contribution in [0.15, 0.2) is 18.2 Å². The Morgan fingerprint density at radius 1 is 1.24 bits per heavy atom. The first-order valence-electron chi connectivity index (χ1n) is 8.13. The quantitative estimate of drug-likeness (QED) is 0.905. The van der Waals surface area contributed by atoms with Crippen LogP contribution < -0.4 is 5.32 Å². The molecule has 1 heterocycles. The van der Waals surface area contributed by atoms with Crippen molar-refractivity contribution in [1.82, 2.24) is 4.90 Å². The predicted octanol–water partition coefficient (Wildman–Crippen LogP) is 4.08. The predicted molar refractivity (Wildman–Crippen MR) is 88.9 cm³/mol. The number of piperidine rings is 1. The van der Waals surface area contributed by atoms with E-state index in [1.807, 2.05) is 37.1 Å². The number of carbonyl (C=O) groups excluding carboxylic acids is 1. The molecule has 1 N–H and O–H groups in total. The van der Waals surface area contributed by atoms with Gasteiger partial charge in [-0.25, -0.2) is 0 Å². The van der Waals surface area contributed by atoms with E-state index in [2.05, 4.69) is 19.2 Å². The summed E-state index contributed by atoms with van der Waals surface area (Å²) in [4.78, 5) is 14.7. The zero-order chi connectivity index (χ0) is 15.5. The number of carbonyl (C=O) groups is 1. The van der Waals surface area contributed by atoms with E-state index in [4.69, 9.17) is 0 Å². The van der Waals surface area contributed by atoms with Crippen molar-refractivity contribution < 1.29 is 4.79 Å². The molecule has 21 heavy (non-hydrogen) atoms. The molecule has 2 rings (SSSR count). The lowest BCUT2D eigenvalue weighted by Gasteiger charge is -2.41. The van der Waals surface area contributed by atoms with Crippen LogP contribution in [0, 0.1) is 12.3 Å². The van der Waals surface area contributed by atoms with Gasteiger partial charge < -0.3 is 10.2 Å². The Morgan fingerprint density at radius 3 is 2.33 bits per heavy atom. The van der Waals surface area contributed by atoms with E-state index in [-0.39, 0.29) is 5.91 Å². The number of nitrogens with one attached hydrogen (secondary N) is 1. The first kappa shape index (κ1) is 15.9. The topological polar surface area (TPSA) is 32.3 Å². The molecule has 1 saturated heterocycles. The molecule has 1 amide bonds. The molecule has 0 bridgehead atoms. The van der Waals surface area contributed by atoms with Gasteiger partial charge >= 0.3 is 0 Å². The van der Waals surface area contributed by atoms with Crippen molar-refractivity contribution in [3.8, 4) is 0 Å². The molecule has 0 radical (unpaired) electrons. The Balaban J connectivity index is 2.07. The summed E-state index contributed by atoms with van der Waals surface area (Å²) in [6, 6.07) is 5.92. The van der Waals surface area contributed by atoms with E-state index < -0.39 is 0 Å². The molecule has 1 aliphatic rings. The number of aryl methyl sites for hydroxylation is 1. The molecule has 3 nitrogen and oxygen atoms in total. The van der Waals surface area contributed by atoms with Gasteiger partial charge in [-0.1, -0.05) is 26.7 Å². The molecule has 0 saturated carbocycles. The second-order valence-electron chi connectivity index (χ2n) is 6.28. The van der Waals surface area contributed by atoms with Gasteiger partial charge in [0.05, 0.1) is 0 Å². The normalized spacial score (nSPS) is 17.6. The van der Waals surface area contributed by atoms with Crippen LogP contribution >= 0.6 is 0 Å². The van der Waals surface area contributed by atoms with Crippen molar-refractivity contribution in [2.45, 2.75) is 46.5 Å². The van der Waals surface area contributed by atoms with Gasteiger partial charge in [0.2, 0.25) is 0 Å². The maximum Gasteiger partial charge on any atom is 0.253 e. The molecule has 1 aromatic rings. The third-order valence-electron chi connectivity index (χ3n) is 5.35. The maximum absolute atomic E-state index is 12.6. The van der Waals surface area contributed by atoms with Crippen LogP contribution in [0.5, 0.6) is 0 Å². The zero-order valence-electron chi connectivity index (χ0n) is 13.8. The van der Waals surface area contributed by atoms with Crippen LogP contribution in [0.4, 0.5) is 5.69 Å². The van der Waals surface area contributed by atoms with E-state index in [9.17, 15) is 4.79 Å². The summed E-state index contributed by atoms with van der Waals surface area (Å²) in [6.07, 6.45) is 4.72. The van der Waals surface area contributed by atoms with Gasteiger partial charge in [0, 0.05) is 31.4 Å². The fourth-order valence-electron chi connectivity index (χ4n) is 3.40. The Labute approximate surface area is 128 Å². The van der Waals surface area contributed by atoms with Crippen LogP contribution in [-0.4, -0.2) is 30.9 Å². The average molecular weight is 288 g/mol. The summed E-state index contributed by atoms with van der Waals surface area (Å²) >= 11 is 0. The summed E-state index contributed by atoms with van der Waals surface area (Å²) in [6.45, 7) is 8.39. The number of anilines is 1. The highest BCUT2D eigenvalue weighted by molar-refractivity contribution is 5.95. The van der Waals surface area contributed by atoms with Crippen molar-refractivity contribution in [3.05, 3.63) is 29.3 Å². The number of amides is 1. The average Bonchev–Trinajstić information content (AvgIpc) is 2.54. The highest BCUT2D eigenvalue weighted by Crippen LogP contribution is 2.38. The first-order chi connectivity index (χ1) is 10.0. The van der Waals surface area contributed by atoms with Crippen LogP contribution in [0.25, 0.3) is 0 Å². The van der Waals surface area contributed by atoms with E-state index in [1.165, 1.54) is 12.8 Å². The number of benzene rings is 1. The molecule has 1 aliphatic heterocycles. The lowest BCUT2D eigenvalue weighted by molar-refractivity contribution is 0.0557. The van der Waals surface area contributed by atoms with Gasteiger partial charge in [0.15, 0.2) is 0 Å². The van der Waals surface area contributed by atoms with Crippen molar-refractivity contribution in [3.63, 3.8) is 0 Å². The number of rotatable bonds is 4.